The Bertz CT molecular complexity index is 1510. The van der Waals surface area contributed by atoms with Gasteiger partial charge in [0, 0.05) is 102 Å². The maximum absolute atomic E-state index is 12.8. The highest BCUT2D eigenvalue weighted by molar-refractivity contribution is 8.00. The van der Waals surface area contributed by atoms with Crippen molar-refractivity contribution in [1.82, 2.24) is 31.1 Å². The summed E-state index contributed by atoms with van der Waals surface area (Å²) in [4.78, 5) is 88.3. The summed E-state index contributed by atoms with van der Waals surface area (Å²) in [5.74, 6) is 2.15. The molecule has 0 aromatic heterocycles. The number of Topliss-reactive ketones (excluding diaryl/α,β-unsaturated/α-hetero) is 3. The molecular formula is C55H104N8O10S2. The summed E-state index contributed by atoms with van der Waals surface area (Å²) in [7, 11) is 0. The molecule has 1 saturated carbocycles. The van der Waals surface area contributed by atoms with E-state index in [9.17, 15) is 33.6 Å². The Morgan fingerprint density at radius 2 is 1.24 bits per heavy atom. The third-order valence-corrected chi connectivity index (χ3v) is 15.1. The Balaban J connectivity index is 0.000000836. The molecule has 2 fully saturated rings. The van der Waals surface area contributed by atoms with Gasteiger partial charge in [-0.25, -0.2) is 0 Å². The van der Waals surface area contributed by atoms with Gasteiger partial charge >= 0.3 is 0 Å². The van der Waals surface area contributed by atoms with Crippen LogP contribution in [-0.2, 0) is 47.8 Å². The van der Waals surface area contributed by atoms with Gasteiger partial charge in [-0.15, -0.1) is 11.8 Å². The fourth-order valence-electron chi connectivity index (χ4n) is 8.72. The van der Waals surface area contributed by atoms with E-state index in [1.807, 2.05) is 11.2 Å². The molecule has 436 valence electrons. The first kappa shape index (κ1) is 70.5. The summed E-state index contributed by atoms with van der Waals surface area (Å²) >= 11 is 3.06. The Morgan fingerprint density at radius 1 is 0.627 bits per heavy atom. The number of likely N-dealkylation sites (tertiary alicyclic amines) is 1. The highest BCUT2D eigenvalue weighted by atomic mass is 32.2. The maximum Gasteiger partial charge on any atom is 0.248 e. The van der Waals surface area contributed by atoms with Gasteiger partial charge in [0.15, 0.2) is 0 Å². The Morgan fingerprint density at radius 3 is 1.88 bits per heavy atom. The highest BCUT2D eigenvalue weighted by Gasteiger charge is 2.40. The predicted molar refractivity (Wildman–Crippen MR) is 305 cm³/mol. The van der Waals surface area contributed by atoms with Gasteiger partial charge < -0.3 is 51.8 Å². The predicted octanol–water partition coefficient (Wildman–Crippen LogP) is 5.06. The molecule has 1 heterocycles. The highest BCUT2D eigenvalue weighted by Crippen LogP contribution is 2.33. The second-order valence-corrected chi connectivity index (χ2v) is 22.1. The van der Waals surface area contributed by atoms with Crippen molar-refractivity contribution in [2.75, 3.05) is 136 Å². The van der Waals surface area contributed by atoms with Crippen LogP contribution in [0, 0.1) is 11.8 Å². The number of hydrogen-bond acceptors (Lipinski definition) is 17. The van der Waals surface area contributed by atoms with Crippen LogP contribution in [0.3, 0.4) is 0 Å². The third-order valence-electron chi connectivity index (χ3n) is 13.3. The smallest absolute Gasteiger partial charge is 0.248 e. The second-order valence-electron chi connectivity index (χ2n) is 19.8. The van der Waals surface area contributed by atoms with Crippen LogP contribution in [0.2, 0.25) is 0 Å². The van der Waals surface area contributed by atoms with E-state index in [1.54, 1.807) is 18.7 Å². The lowest BCUT2D eigenvalue weighted by Gasteiger charge is -2.29. The Labute approximate surface area is 461 Å². The first-order chi connectivity index (χ1) is 36.5. The second kappa shape index (κ2) is 49.7. The number of rotatable bonds is 50. The number of nitrogens with zero attached hydrogens (tertiary/aromatic N) is 2. The number of carbonyl (C=O) groups excluding carboxylic acids is 7. The van der Waals surface area contributed by atoms with Crippen LogP contribution >= 0.6 is 23.5 Å². The van der Waals surface area contributed by atoms with E-state index in [2.05, 4.69) is 28.2 Å². The van der Waals surface area contributed by atoms with Crippen molar-refractivity contribution >= 4 is 64.5 Å². The van der Waals surface area contributed by atoms with Crippen molar-refractivity contribution in [2.45, 2.75) is 160 Å². The number of imide groups is 1. The molecule has 20 heteroatoms. The topological polar surface area (TPSA) is 254 Å². The molecule has 75 heavy (non-hydrogen) atoms. The standard InChI is InChI=1S/C34H60N4O7S.C21H44N4O3S/c1-27(39)29-11-9-28(10-12-29)26-38-33(42)25-32(34(38)43)46-24-14-31(41)8-6-20-44-22-23-45-21-13-30(40)7-5-18-36-16-3-2-4-17-37-19-15-35;1-3-15-25(16-9-5-8-13-23-12-7-4-6-11-22)21(27)19-28-17-14-24-20(26)10-18-29-2/h28-29,32,36-37H,2-26,35H2,1H3;23H,3-19,22H2,1-2H3,(H,24,26). The fraction of sp³-hybridized carbons (Fsp3) is 0.873. The van der Waals surface area contributed by atoms with Gasteiger partial charge in [0.25, 0.3) is 0 Å². The normalized spacial score (nSPS) is 16.5. The number of ether oxygens (including phenoxy) is 3. The van der Waals surface area contributed by atoms with E-state index < -0.39 is 5.25 Å². The molecule has 0 aromatic rings. The van der Waals surface area contributed by atoms with Crippen molar-refractivity contribution < 1.29 is 47.8 Å². The van der Waals surface area contributed by atoms with Gasteiger partial charge in [-0.05, 0) is 142 Å². The van der Waals surface area contributed by atoms with Crippen LogP contribution in [0.25, 0.3) is 0 Å². The quantitative estimate of drug-likeness (QED) is 0.0344. The number of unbranched alkanes of at least 4 members (excludes halogenated alkanes) is 6. The zero-order chi connectivity index (χ0) is 55.0. The van der Waals surface area contributed by atoms with Gasteiger partial charge in [-0.1, -0.05) is 26.2 Å². The van der Waals surface area contributed by atoms with Crippen LogP contribution < -0.4 is 32.7 Å². The summed E-state index contributed by atoms with van der Waals surface area (Å²) in [6, 6.07) is 0. The van der Waals surface area contributed by atoms with Crippen LogP contribution in [-0.4, -0.2) is 192 Å². The molecule has 2 rings (SSSR count). The lowest BCUT2D eigenvalue weighted by molar-refractivity contribution is -0.139. The first-order valence-corrected chi connectivity index (χ1v) is 31.2. The van der Waals surface area contributed by atoms with Gasteiger partial charge in [-0.2, -0.15) is 11.8 Å². The molecule has 0 radical (unpaired) electrons. The minimum atomic E-state index is -0.399. The zero-order valence-corrected chi connectivity index (χ0v) is 48.5. The molecule has 8 N–H and O–H groups in total. The Kier molecular flexibility index (Phi) is 46.7. The zero-order valence-electron chi connectivity index (χ0n) is 46.9. The Hall–Kier alpha value is -2.53. The molecule has 1 saturated heterocycles. The van der Waals surface area contributed by atoms with Crippen LogP contribution in [0.1, 0.15) is 155 Å². The lowest BCUT2D eigenvalue weighted by atomic mass is 9.80. The number of nitrogens with one attached hydrogen (secondary N) is 4. The van der Waals surface area contributed by atoms with Crippen LogP contribution in [0.15, 0.2) is 0 Å². The molecule has 2 aliphatic rings. The molecule has 18 nitrogen and oxygen atoms in total. The third kappa shape index (κ3) is 39.5. The summed E-state index contributed by atoms with van der Waals surface area (Å²) < 4.78 is 16.5. The number of ketones is 3. The fourth-order valence-corrected chi connectivity index (χ4v) is 10.3. The molecule has 0 bridgehead atoms. The largest absolute Gasteiger partial charge is 0.379 e. The number of hydrogen-bond donors (Lipinski definition) is 6. The first-order valence-electron chi connectivity index (χ1n) is 28.8. The summed E-state index contributed by atoms with van der Waals surface area (Å²) in [6.07, 6.45) is 20.6. The van der Waals surface area contributed by atoms with Gasteiger partial charge in [0.2, 0.25) is 23.6 Å². The number of carbonyl (C=O) groups is 7. The molecule has 4 amide bonds. The lowest BCUT2D eigenvalue weighted by Crippen LogP contribution is -2.37. The van der Waals surface area contributed by atoms with Crippen molar-refractivity contribution in [3.05, 3.63) is 0 Å². The maximum atomic E-state index is 12.8. The van der Waals surface area contributed by atoms with E-state index in [-0.39, 0.29) is 65.8 Å². The SMILES string of the molecule is CC(=O)C1CCC(CN2C(=O)CC(SCCC(=O)CCCOCCOCCC(=O)CCCNCCCCCNCCN)C2=O)CC1.CCCN(CCCCCNCCCCCN)C(=O)COCCNC(=O)CCSC. The molecular weight excluding hydrogens is 997 g/mol. The van der Waals surface area contributed by atoms with E-state index in [0.29, 0.717) is 96.9 Å². The van der Waals surface area contributed by atoms with Crippen molar-refractivity contribution in [3.8, 4) is 0 Å². The molecule has 1 unspecified atom stereocenters. The summed E-state index contributed by atoms with van der Waals surface area (Å²) in [6.45, 7) is 15.7. The van der Waals surface area contributed by atoms with Crippen molar-refractivity contribution in [1.29, 1.82) is 0 Å². The molecule has 1 aliphatic heterocycles. The van der Waals surface area contributed by atoms with Gasteiger partial charge in [-0.3, -0.25) is 38.5 Å². The van der Waals surface area contributed by atoms with E-state index in [1.165, 1.54) is 35.9 Å². The molecule has 1 aliphatic carbocycles. The minimum absolute atomic E-state index is 0.0342. The average molecular weight is 1100 g/mol. The van der Waals surface area contributed by atoms with E-state index in [0.717, 1.165) is 142 Å². The van der Waals surface area contributed by atoms with Gasteiger partial charge in [0.05, 0.1) is 31.7 Å². The summed E-state index contributed by atoms with van der Waals surface area (Å²) in [5, 5.41) is 12.6. The van der Waals surface area contributed by atoms with Crippen molar-refractivity contribution in [3.63, 3.8) is 0 Å². The monoisotopic (exact) mass is 1100 g/mol. The van der Waals surface area contributed by atoms with E-state index >= 15 is 0 Å². The molecule has 0 spiro atoms. The minimum Gasteiger partial charge on any atom is -0.379 e. The number of amides is 4. The van der Waals surface area contributed by atoms with Crippen molar-refractivity contribution in [2.24, 2.45) is 23.3 Å². The van der Waals surface area contributed by atoms with Crippen LogP contribution in [0.4, 0.5) is 0 Å². The average Bonchev–Trinajstić information content (AvgIpc) is 3.66. The van der Waals surface area contributed by atoms with Gasteiger partial charge in [0.1, 0.15) is 24.0 Å². The van der Waals surface area contributed by atoms with E-state index in [4.69, 9.17) is 25.7 Å². The molecule has 1 atom stereocenters. The molecule has 0 aromatic carbocycles. The summed E-state index contributed by atoms with van der Waals surface area (Å²) in [5.41, 5.74) is 10.9. The van der Waals surface area contributed by atoms with Crippen LogP contribution in [0.5, 0.6) is 0 Å². The number of thioether (sulfide) groups is 2. The number of nitrogens with two attached hydrogens (primary N) is 2.